The number of benzene rings is 1. The summed E-state index contributed by atoms with van der Waals surface area (Å²) in [5.74, 6) is 0.863. The van der Waals surface area contributed by atoms with Crippen LogP contribution in [0.5, 0.6) is 0 Å². The van der Waals surface area contributed by atoms with Gasteiger partial charge in [0, 0.05) is 37.1 Å². The third-order valence-corrected chi connectivity index (χ3v) is 3.95. The minimum atomic E-state index is 0.716. The Balaban J connectivity index is 1.83. The minimum absolute atomic E-state index is 0.716. The molecule has 3 rings (SSSR count). The maximum Gasteiger partial charge on any atom is 0.0457 e. The molecule has 0 saturated carbocycles. The van der Waals surface area contributed by atoms with E-state index in [9.17, 15) is 0 Å². The number of fused-ring (bicyclic) bond motifs is 1. The fraction of sp³-hybridized carbons (Fsp3) is 0.538. The van der Waals surface area contributed by atoms with Gasteiger partial charge in [-0.3, -0.25) is 0 Å². The summed E-state index contributed by atoms with van der Waals surface area (Å²) in [6, 6.07) is 9.02. The van der Waals surface area contributed by atoms with Gasteiger partial charge in [0.1, 0.15) is 0 Å². The summed E-state index contributed by atoms with van der Waals surface area (Å²) in [6.45, 7) is 3.66. The van der Waals surface area contributed by atoms with Crippen LogP contribution in [0.2, 0.25) is 0 Å². The first-order chi connectivity index (χ1) is 7.74. The Bertz CT molecular complexity index is 373. The van der Waals surface area contributed by atoms with E-state index in [1.54, 1.807) is 0 Å². The van der Waals surface area contributed by atoms with Crippen LogP contribution in [-0.4, -0.2) is 37.6 Å². The molecule has 0 aliphatic carbocycles. The third-order valence-electron chi connectivity index (χ3n) is 3.95. The highest BCUT2D eigenvalue weighted by molar-refractivity contribution is 5.54. The molecule has 1 aromatic rings. The molecule has 2 N–H and O–H groups in total. The molecule has 2 aliphatic rings. The number of nitrogens with two attached hydrogens (primary N) is 1. The SMILES string of the molecule is CN1CC2CCN(c3ccc(N)cc3)C2C1. The van der Waals surface area contributed by atoms with Crippen molar-refractivity contribution in [3.63, 3.8) is 0 Å². The molecular weight excluding hydrogens is 198 g/mol. The zero-order chi connectivity index (χ0) is 11.1. The van der Waals surface area contributed by atoms with Crippen molar-refractivity contribution in [2.75, 3.05) is 37.3 Å². The number of hydrogen-bond acceptors (Lipinski definition) is 3. The summed E-state index contributed by atoms with van der Waals surface area (Å²) >= 11 is 0. The fourth-order valence-electron chi connectivity index (χ4n) is 3.16. The van der Waals surface area contributed by atoms with E-state index in [-0.39, 0.29) is 0 Å². The first-order valence-electron chi connectivity index (χ1n) is 6.05. The van der Waals surface area contributed by atoms with E-state index >= 15 is 0 Å². The topological polar surface area (TPSA) is 32.5 Å². The molecule has 0 aromatic heterocycles. The Kier molecular flexibility index (Phi) is 2.28. The molecule has 2 aliphatic heterocycles. The Hall–Kier alpha value is -1.22. The summed E-state index contributed by atoms with van der Waals surface area (Å²) in [5, 5.41) is 0. The standard InChI is InChI=1S/C13H19N3/c1-15-8-10-6-7-16(13(10)9-15)12-4-2-11(14)3-5-12/h2-5,10,13H,6-9,14H2,1H3. The molecule has 2 atom stereocenters. The van der Waals surface area contributed by atoms with Gasteiger partial charge in [-0.05, 0) is 43.7 Å². The summed E-state index contributed by atoms with van der Waals surface area (Å²) in [4.78, 5) is 4.99. The van der Waals surface area contributed by atoms with Gasteiger partial charge in [-0.25, -0.2) is 0 Å². The van der Waals surface area contributed by atoms with E-state index in [2.05, 4.69) is 29.0 Å². The number of anilines is 2. The van der Waals surface area contributed by atoms with Crippen LogP contribution in [0.3, 0.4) is 0 Å². The van der Waals surface area contributed by atoms with E-state index in [1.165, 1.54) is 31.7 Å². The van der Waals surface area contributed by atoms with Gasteiger partial charge in [-0.15, -0.1) is 0 Å². The monoisotopic (exact) mass is 217 g/mol. The summed E-state index contributed by atoms with van der Waals surface area (Å²) in [7, 11) is 2.22. The summed E-state index contributed by atoms with van der Waals surface area (Å²) in [6.07, 6.45) is 1.33. The highest BCUT2D eigenvalue weighted by atomic mass is 15.3. The van der Waals surface area contributed by atoms with Crippen LogP contribution in [0.1, 0.15) is 6.42 Å². The average Bonchev–Trinajstić information content (AvgIpc) is 2.78. The lowest BCUT2D eigenvalue weighted by molar-refractivity contribution is 0.386. The predicted molar refractivity (Wildman–Crippen MR) is 67.6 cm³/mol. The van der Waals surface area contributed by atoms with Crippen molar-refractivity contribution in [2.24, 2.45) is 5.92 Å². The second-order valence-corrected chi connectivity index (χ2v) is 5.12. The number of likely N-dealkylation sites (tertiary alicyclic amines) is 1. The molecule has 0 radical (unpaired) electrons. The molecule has 3 heteroatoms. The zero-order valence-electron chi connectivity index (χ0n) is 9.76. The van der Waals surface area contributed by atoms with Crippen molar-refractivity contribution in [1.29, 1.82) is 0 Å². The van der Waals surface area contributed by atoms with Gasteiger partial charge >= 0.3 is 0 Å². The van der Waals surface area contributed by atoms with Gasteiger partial charge in [-0.2, -0.15) is 0 Å². The molecule has 2 saturated heterocycles. The maximum absolute atomic E-state index is 5.73. The van der Waals surface area contributed by atoms with Crippen LogP contribution in [0.4, 0.5) is 11.4 Å². The molecule has 2 fully saturated rings. The van der Waals surface area contributed by atoms with E-state index in [0.717, 1.165) is 11.6 Å². The van der Waals surface area contributed by atoms with E-state index < -0.39 is 0 Å². The van der Waals surface area contributed by atoms with Crippen LogP contribution in [0, 0.1) is 5.92 Å². The molecule has 2 unspecified atom stereocenters. The normalized spacial score (nSPS) is 29.7. The molecule has 2 heterocycles. The van der Waals surface area contributed by atoms with Crippen molar-refractivity contribution in [1.82, 2.24) is 4.90 Å². The lowest BCUT2D eigenvalue weighted by atomic mass is 10.1. The van der Waals surface area contributed by atoms with Gasteiger partial charge in [0.2, 0.25) is 0 Å². The van der Waals surface area contributed by atoms with Gasteiger partial charge in [0.05, 0.1) is 0 Å². The van der Waals surface area contributed by atoms with Crippen molar-refractivity contribution in [3.8, 4) is 0 Å². The molecule has 0 bridgehead atoms. The quantitative estimate of drug-likeness (QED) is 0.722. The predicted octanol–water partition coefficient (Wildman–Crippen LogP) is 1.41. The lowest BCUT2D eigenvalue weighted by Gasteiger charge is -2.26. The smallest absolute Gasteiger partial charge is 0.0457 e. The second kappa shape index (κ2) is 3.67. The maximum atomic E-state index is 5.73. The van der Waals surface area contributed by atoms with Crippen LogP contribution >= 0.6 is 0 Å². The molecule has 3 nitrogen and oxygen atoms in total. The number of rotatable bonds is 1. The second-order valence-electron chi connectivity index (χ2n) is 5.12. The molecular formula is C13H19N3. The Morgan fingerprint density at radius 1 is 1.19 bits per heavy atom. The van der Waals surface area contributed by atoms with Crippen LogP contribution in [-0.2, 0) is 0 Å². The fourth-order valence-corrected chi connectivity index (χ4v) is 3.16. The van der Waals surface area contributed by atoms with Crippen molar-refractivity contribution >= 4 is 11.4 Å². The molecule has 0 spiro atoms. The van der Waals surface area contributed by atoms with Crippen LogP contribution < -0.4 is 10.6 Å². The number of nitrogens with zero attached hydrogens (tertiary/aromatic N) is 2. The van der Waals surface area contributed by atoms with E-state index in [0.29, 0.717) is 6.04 Å². The summed E-state index contributed by atoms with van der Waals surface area (Å²) < 4.78 is 0. The molecule has 1 aromatic carbocycles. The summed E-state index contributed by atoms with van der Waals surface area (Å²) in [5.41, 5.74) is 7.91. The van der Waals surface area contributed by atoms with Gasteiger partial charge in [0.25, 0.3) is 0 Å². The minimum Gasteiger partial charge on any atom is -0.399 e. The Morgan fingerprint density at radius 2 is 1.94 bits per heavy atom. The van der Waals surface area contributed by atoms with Crippen LogP contribution in [0.15, 0.2) is 24.3 Å². The zero-order valence-corrected chi connectivity index (χ0v) is 9.76. The average molecular weight is 217 g/mol. The molecule has 0 amide bonds. The van der Waals surface area contributed by atoms with Gasteiger partial charge in [0.15, 0.2) is 0 Å². The first-order valence-corrected chi connectivity index (χ1v) is 6.05. The van der Waals surface area contributed by atoms with Gasteiger partial charge in [-0.1, -0.05) is 0 Å². The number of hydrogen-bond donors (Lipinski definition) is 1. The van der Waals surface area contributed by atoms with Crippen LogP contribution in [0.25, 0.3) is 0 Å². The third kappa shape index (κ3) is 1.55. The lowest BCUT2D eigenvalue weighted by Crippen LogP contribution is -2.34. The Morgan fingerprint density at radius 3 is 2.69 bits per heavy atom. The highest BCUT2D eigenvalue weighted by Gasteiger charge is 2.39. The van der Waals surface area contributed by atoms with E-state index in [1.807, 2.05) is 12.1 Å². The van der Waals surface area contributed by atoms with Crippen molar-refractivity contribution in [2.45, 2.75) is 12.5 Å². The molecule has 16 heavy (non-hydrogen) atoms. The van der Waals surface area contributed by atoms with Crippen molar-refractivity contribution < 1.29 is 0 Å². The van der Waals surface area contributed by atoms with Gasteiger partial charge < -0.3 is 15.5 Å². The largest absolute Gasteiger partial charge is 0.399 e. The number of likely N-dealkylation sites (N-methyl/N-ethyl adjacent to an activating group) is 1. The first kappa shape index (κ1) is 9.97. The Labute approximate surface area is 96.8 Å². The highest BCUT2D eigenvalue weighted by Crippen LogP contribution is 2.34. The van der Waals surface area contributed by atoms with Crippen molar-refractivity contribution in [3.05, 3.63) is 24.3 Å². The van der Waals surface area contributed by atoms with E-state index in [4.69, 9.17) is 5.73 Å². The molecule has 86 valence electrons. The number of nitrogen functional groups attached to an aromatic ring is 1.